The lowest BCUT2D eigenvalue weighted by Crippen LogP contribution is -2.27. The zero-order valence-corrected chi connectivity index (χ0v) is 10.9. The smallest absolute Gasteiger partial charge is 0.129 e. The summed E-state index contributed by atoms with van der Waals surface area (Å²) in [6.45, 7) is 2.78. The van der Waals surface area contributed by atoms with E-state index in [1.54, 1.807) is 0 Å². The fourth-order valence-electron chi connectivity index (χ4n) is 1.73. The maximum atomic E-state index is 8.66. The summed E-state index contributed by atoms with van der Waals surface area (Å²) >= 11 is 3.45. The Morgan fingerprint density at radius 3 is 2.88 bits per heavy atom. The number of nitriles is 1. The van der Waals surface area contributed by atoms with E-state index in [9.17, 15) is 0 Å². The molecule has 1 aromatic heterocycles. The molecule has 0 amide bonds. The van der Waals surface area contributed by atoms with Crippen molar-refractivity contribution in [3.05, 3.63) is 22.3 Å². The van der Waals surface area contributed by atoms with Crippen LogP contribution >= 0.6 is 15.9 Å². The van der Waals surface area contributed by atoms with Gasteiger partial charge >= 0.3 is 0 Å². The van der Waals surface area contributed by atoms with Gasteiger partial charge in [-0.3, -0.25) is 0 Å². The largest absolute Gasteiger partial charge is 0.353 e. The second kappa shape index (κ2) is 4.84. The molecule has 0 N–H and O–H groups in total. The molecule has 1 aromatic rings. The van der Waals surface area contributed by atoms with Gasteiger partial charge in [-0.15, -0.1) is 0 Å². The van der Waals surface area contributed by atoms with Crippen molar-refractivity contribution >= 4 is 21.7 Å². The maximum absolute atomic E-state index is 8.66. The van der Waals surface area contributed by atoms with Crippen molar-refractivity contribution in [1.29, 1.82) is 5.26 Å². The van der Waals surface area contributed by atoms with E-state index in [-0.39, 0.29) is 0 Å². The van der Waals surface area contributed by atoms with Crippen LogP contribution in [0.2, 0.25) is 0 Å². The number of aromatic nitrogens is 1. The summed E-state index contributed by atoms with van der Waals surface area (Å²) in [6, 6.07) is 6.84. The lowest BCUT2D eigenvalue weighted by Gasteiger charge is -2.22. The van der Waals surface area contributed by atoms with Crippen LogP contribution in [0.15, 0.2) is 16.6 Å². The van der Waals surface area contributed by atoms with Gasteiger partial charge in [-0.25, -0.2) is 4.98 Å². The van der Waals surface area contributed by atoms with Gasteiger partial charge < -0.3 is 4.90 Å². The molecular formula is C12H14BrN3. The molecule has 2 rings (SSSR count). The molecule has 0 radical (unpaired) electrons. The van der Waals surface area contributed by atoms with E-state index in [0.717, 1.165) is 22.5 Å². The van der Waals surface area contributed by atoms with Crippen molar-refractivity contribution in [2.75, 3.05) is 11.4 Å². The number of anilines is 1. The molecule has 1 heterocycles. The molecule has 84 valence electrons. The number of hydrogen-bond donors (Lipinski definition) is 0. The Hall–Kier alpha value is -1.08. The minimum Gasteiger partial charge on any atom is -0.353 e. The molecule has 0 aromatic carbocycles. The Labute approximate surface area is 104 Å². The van der Waals surface area contributed by atoms with Crippen LogP contribution in [-0.2, 0) is 0 Å². The van der Waals surface area contributed by atoms with E-state index in [2.05, 4.69) is 31.9 Å². The topological polar surface area (TPSA) is 39.9 Å². The van der Waals surface area contributed by atoms with Crippen LogP contribution in [0, 0.1) is 18.3 Å². The summed E-state index contributed by atoms with van der Waals surface area (Å²) in [4.78, 5) is 6.81. The number of pyridine rings is 1. The zero-order valence-electron chi connectivity index (χ0n) is 9.28. The summed E-state index contributed by atoms with van der Waals surface area (Å²) < 4.78 is 1.03. The fraction of sp³-hybridized carbons (Fsp3) is 0.500. The molecule has 1 fully saturated rings. The van der Waals surface area contributed by atoms with Crippen LogP contribution in [0.25, 0.3) is 0 Å². The van der Waals surface area contributed by atoms with Crippen molar-refractivity contribution in [3.63, 3.8) is 0 Å². The van der Waals surface area contributed by atoms with Crippen molar-refractivity contribution < 1.29 is 0 Å². The molecule has 0 aliphatic heterocycles. The average Bonchev–Trinajstić information content (AvgIpc) is 3.08. The zero-order chi connectivity index (χ0) is 11.5. The van der Waals surface area contributed by atoms with Gasteiger partial charge in [-0.2, -0.15) is 5.26 Å². The summed E-state index contributed by atoms with van der Waals surface area (Å²) in [5, 5.41) is 8.66. The standard InChI is InChI=1S/C12H14BrN3/c1-9-11(13)5-6-12(15-9)16(8-2-7-14)10-3-4-10/h5-6,10H,2-4,8H2,1H3. The predicted molar refractivity (Wildman–Crippen MR) is 67.3 cm³/mol. The van der Waals surface area contributed by atoms with E-state index in [4.69, 9.17) is 5.26 Å². The van der Waals surface area contributed by atoms with Gasteiger partial charge in [0.15, 0.2) is 0 Å². The minimum absolute atomic E-state index is 0.563. The van der Waals surface area contributed by atoms with Gasteiger partial charge in [0.1, 0.15) is 5.82 Å². The first-order valence-electron chi connectivity index (χ1n) is 5.49. The number of hydrogen-bond acceptors (Lipinski definition) is 3. The average molecular weight is 280 g/mol. The maximum Gasteiger partial charge on any atom is 0.129 e. The summed E-state index contributed by atoms with van der Waals surface area (Å²) in [5.41, 5.74) is 1.00. The Kier molecular flexibility index (Phi) is 3.45. The fourth-order valence-corrected chi connectivity index (χ4v) is 1.95. The minimum atomic E-state index is 0.563. The first kappa shape index (κ1) is 11.4. The van der Waals surface area contributed by atoms with E-state index in [1.807, 2.05) is 19.1 Å². The van der Waals surface area contributed by atoms with Crippen LogP contribution < -0.4 is 4.90 Å². The molecule has 4 heteroatoms. The van der Waals surface area contributed by atoms with Crippen molar-refractivity contribution in [2.24, 2.45) is 0 Å². The second-order valence-electron chi connectivity index (χ2n) is 4.07. The van der Waals surface area contributed by atoms with Gasteiger partial charge in [0.2, 0.25) is 0 Å². The van der Waals surface area contributed by atoms with Crippen LogP contribution in [0.4, 0.5) is 5.82 Å². The van der Waals surface area contributed by atoms with Crippen molar-refractivity contribution in [3.8, 4) is 6.07 Å². The molecule has 1 saturated carbocycles. The van der Waals surface area contributed by atoms with Crippen LogP contribution in [0.3, 0.4) is 0 Å². The molecule has 0 saturated heterocycles. The van der Waals surface area contributed by atoms with E-state index in [1.165, 1.54) is 12.8 Å². The lowest BCUT2D eigenvalue weighted by atomic mass is 10.3. The number of rotatable bonds is 4. The summed E-state index contributed by atoms with van der Waals surface area (Å²) in [5.74, 6) is 0.999. The number of halogens is 1. The third kappa shape index (κ3) is 2.53. The van der Waals surface area contributed by atoms with Crippen molar-refractivity contribution in [1.82, 2.24) is 4.98 Å². The quantitative estimate of drug-likeness (QED) is 0.851. The summed E-state index contributed by atoms with van der Waals surface area (Å²) in [7, 11) is 0. The number of aryl methyl sites for hydroxylation is 1. The van der Waals surface area contributed by atoms with Crippen LogP contribution in [-0.4, -0.2) is 17.6 Å². The molecule has 1 aliphatic rings. The van der Waals surface area contributed by atoms with Crippen molar-refractivity contribution in [2.45, 2.75) is 32.2 Å². The molecule has 0 unspecified atom stereocenters. The summed E-state index contributed by atoms with van der Waals surface area (Å²) in [6.07, 6.45) is 3.01. The highest BCUT2D eigenvalue weighted by atomic mass is 79.9. The molecule has 0 bridgehead atoms. The predicted octanol–water partition coefficient (Wildman–Crippen LogP) is 3.04. The third-order valence-electron chi connectivity index (χ3n) is 2.75. The highest BCUT2D eigenvalue weighted by Crippen LogP contribution is 2.31. The highest BCUT2D eigenvalue weighted by Gasteiger charge is 2.29. The van der Waals surface area contributed by atoms with Gasteiger partial charge in [0.25, 0.3) is 0 Å². The Morgan fingerprint density at radius 1 is 1.56 bits per heavy atom. The molecule has 0 atom stereocenters. The Bertz CT molecular complexity index is 421. The van der Waals surface area contributed by atoms with Gasteiger partial charge in [0, 0.05) is 17.1 Å². The third-order valence-corrected chi connectivity index (χ3v) is 3.59. The second-order valence-corrected chi connectivity index (χ2v) is 4.92. The Balaban J connectivity index is 2.18. The monoisotopic (exact) mass is 279 g/mol. The van der Waals surface area contributed by atoms with Gasteiger partial charge in [-0.1, -0.05) is 0 Å². The first-order valence-corrected chi connectivity index (χ1v) is 6.28. The SMILES string of the molecule is Cc1nc(N(CCC#N)C2CC2)ccc1Br. The first-order chi connectivity index (χ1) is 7.72. The van der Waals surface area contributed by atoms with Crippen LogP contribution in [0.5, 0.6) is 0 Å². The highest BCUT2D eigenvalue weighted by molar-refractivity contribution is 9.10. The van der Waals surface area contributed by atoms with Crippen LogP contribution in [0.1, 0.15) is 25.0 Å². The molecular weight excluding hydrogens is 266 g/mol. The van der Waals surface area contributed by atoms with Gasteiger partial charge in [-0.05, 0) is 47.8 Å². The Morgan fingerprint density at radius 2 is 2.31 bits per heavy atom. The molecule has 3 nitrogen and oxygen atoms in total. The van der Waals surface area contributed by atoms with E-state index in [0.29, 0.717) is 12.5 Å². The van der Waals surface area contributed by atoms with E-state index >= 15 is 0 Å². The molecule has 16 heavy (non-hydrogen) atoms. The van der Waals surface area contributed by atoms with E-state index < -0.39 is 0 Å². The molecule has 1 aliphatic carbocycles. The number of nitrogens with zero attached hydrogens (tertiary/aromatic N) is 3. The van der Waals surface area contributed by atoms with Gasteiger partial charge in [0.05, 0.1) is 18.2 Å². The lowest BCUT2D eigenvalue weighted by molar-refractivity contribution is 0.775. The molecule has 0 spiro atoms. The normalized spacial score (nSPS) is 14.6.